The summed E-state index contributed by atoms with van der Waals surface area (Å²) < 4.78 is 27.7. The fraction of sp³-hybridized carbons (Fsp3) is 0.667. The van der Waals surface area contributed by atoms with Gasteiger partial charge in [-0.1, -0.05) is 0 Å². The molecule has 0 aromatic carbocycles. The third kappa shape index (κ3) is 4.39. The van der Waals surface area contributed by atoms with E-state index in [4.69, 9.17) is 4.74 Å². The van der Waals surface area contributed by atoms with Gasteiger partial charge in [0.25, 0.3) is 0 Å². The molecule has 1 aliphatic rings. The molecule has 0 spiro atoms. The molecule has 2 heterocycles. The van der Waals surface area contributed by atoms with Crippen LogP contribution < -0.4 is 10.2 Å². The molecule has 0 aliphatic carbocycles. The van der Waals surface area contributed by atoms with Gasteiger partial charge >= 0.3 is 0 Å². The Hall–Kier alpha value is -1.25. The fourth-order valence-corrected chi connectivity index (χ4v) is 3.12. The molecule has 0 amide bonds. The first kappa shape index (κ1) is 15.1. The molecule has 8 heteroatoms. The normalized spacial score (nSPS) is 18.1. The lowest BCUT2D eigenvalue weighted by Gasteiger charge is -2.26. The van der Waals surface area contributed by atoms with Crippen molar-refractivity contribution < 1.29 is 13.2 Å². The number of anilines is 1. The summed E-state index contributed by atoms with van der Waals surface area (Å²) in [6.45, 7) is 3.07. The lowest BCUT2D eigenvalue weighted by molar-refractivity contribution is 0.199. The van der Waals surface area contributed by atoms with E-state index in [2.05, 4.69) is 15.3 Å². The Labute approximate surface area is 119 Å². The second-order valence-electron chi connectivity index (χ2n) is 4.70. The number of methoxy groups -OCH3 is 1. The molecule has 0 radical (unpaired) electrons. The second-order valence-corrected chi connectivity index (χ2v) is 7.00. The van der Waals surface area contributed by atoms with E-state index in [1.807, 2.05) is 4.90 Å². The van der Waals surface area contributed by atoms with Gasteiger partial charge in [0.2, 0.25) is 5.95 Å². The van der Waals surface area contributed by atoms with Crippen LogP contribution in [0.5, 0.6) is 0 Å². The third-order valence-corrected chi connectivity index (χ3v) is 4.74. The van der Waals surface area contributed by atoms with Crippen LogP contribution in [0.1, 0.15) is 5.56 Å². The number of nitrogens with one attached hydrogen (secondary N) is 1. The standard InChI is InChI=1S/C12H20N4O3S/c1-19-5-2-13-8-11-9-14-12(15-10-11)16-3-6-20(17,18)7-4-16/h9-10,13H,2-8H2,1H3. The maximum atomic E-state index is 11.4. The van der Waals surface area contributed by atoms with Crippen LogP contribution >= 0.6 is 0 Å². The Balaban J connectivity index is 1.85. The zero-order chi connectivity index (χ0) is 14.4. The summed E-state index contributed by atoms with van der Waals surface area (Å²) in [6, 6.07) is 0. The summed E-state index contributed by atoms with van der Waals surface area (Å²) in [5, 5.41) is 3.21. The number of ether oxygens (including phenoxy) is 1. The molecule has 1 aliphatic heterocycles. The van der Waals surface area contributed by atoms with Crippen LogP contribution in [0.3, 0.4) is 0 Å². The average molecular weight is 300 g/mol. The molecule has 1 N–H and O–H groups in total. The molecule has 0 atom stereocenters. The van der Waals surface area contributed by atoms with Crippen molar-refractivity contribution in [1.29, 1.82) is 0 Å². The van der Waals surface area contributed by atoms with Crippen molar-refractivity contribution in [3.63, 3.8) is 0 Å². The Morgan fingerprint density at radius 2 is 1.95 bits per heavy atom. The molecular weight excluding hydrogens is 280 g/mol. The minimum Gasteiger partial charge on any atom is -0.383 e. The minimum absolute atomic E-state index is 0.177. The minimum atomic E-state index is -2.87. The highest BCUT2D eigenvalue weighted by Gasteiger charge is 2.22. The smallest absolute Gasteiger partial charge is 0.225 e. The van der Waals surface area contributed by atoms with Crippen LogP contribution in [0.25, 0.3) is 0 Å². The fourth-order valence-electron chi connectivity index (χ4n) is 1.92. The Kier molecular flexibility index (Phi) is 5.27. The summed E-state index contributed by atoms with van der Waals surface area (Å²) in [5.41, 5.74) is 0.995. The quantitative estimate of drug-likeness (QED) is 0.705. The lowest BCUT2D eigenvalue weighted by Crippen LogP contribution is -2.41. The van der Waals surface area contributed by atoms with Gasteiger partial charge < -0.3 is 15.0 Å². The summed E-state index contributed by atoms with van der Waals surface area (Å²) >= 11 is 0. The van der Waals surface area contributed by atoms with E-state index < -0.39 is 9.84 Å². The van der Waals surface area contributed by atoms with Crippen molar-refractivity contribution in [3.05, 3.63) is 18.0 Å². The number of hydrogen-bond donors (Lipinski definition) is 1. The highest BCUT2D eigenvalue weighted by atomic mass is 32.2. The Morgan fingerprint density at radius 3 is 2.55 bits per heavy atom. The van der Waals surface area contributed by atoms with Crippen LogP contribution in [0.4, 0.5) is 5.95 Å². The Bertz CT molecular complexity index is 504. The third-order valence-electron chi connectivity index (χ3n) is 3.13. The van der Waals surface area contributed by atoms with E-state index in [-0.39, 0.29) is 11.5 Å². The van der Waals surface area contributed by atoms with Crippen LogP contribution in [0.2, 0.25) is 0 Å². The van der Waals surface area contributed by atoms with Crippen LogP contribution in [0.15, 0.2) is 12.4 Å². The number of rotatable bonds is 6. The first-order valence-corrected chi connectivity index (χ1v) is 8.39. The van der Waals surface area contributed by atoms with Crippen molar-refractivity contribution >= 4 is 15.8 Å². The predicted molar refractivity (Wildman–Crippen MR) is 76.5 cm³/mol. The Morgan fingerprint density at radius 1 is 1.30 bits per heavy atom. The molecule has 7 nitrogen and oxygen atoms in total. The molecule has 1 saturated heterocycles. The van der Waals surface area contributed by atoms with E-state index in [0.29, 0.717) is 32.2 Å². The molecule has 0 unspecified atom stereocenters. The maximum Gasteiger partial charge on any atom is 0.225 e. The van der Waals surface area contributed by atoms with Gasteiger partial charge in [-0.15, -0.1) is 0 Å². The van der Waals surface area contributed by atoms with E-state index in [1.54, 1.807) is 19.5 Å². The van der Waals surface area contributed by atoms with Gasteiger partial charge in [0.15, 0.2) is 9.84 Å². The molecular formula is C12H20N4O3S. The molecule has 0 bridgehead atoms. The second kappa shape index (κ2) is 6.96. The lowest BCUT2D eigenvalue weighted by atomic mass is 10.3. The van der Waals surface area contributed by atoms with E-state index >= 15 is 0 Å². The molecule has 20 heavy (non-hydrogen) atoms. The molecule has 1 aromatic heterocycles. The number of aromatic nitrogens is 2. The zero-order valence-electron chi connectivity index (χ0n) is 11.6. The van der Waals surface area contributed by atoms with Crippen molar-refractivity contribution in [3.8, 4) is 0 Å². The van der Waals surface area contributed by atoms with Crippen LogP contribution in [0, 0.1) is 0 Å². The highest BCUT2D eigenvalue weighted by molar-refractivity contribution is 7.91. The largest absolute Gasteiger partial charge is 0.383 e. The molecule has 1 aromatic rings. The number of sulfone groups is 1. The molecule has 1 fully saturated rings. The SMILES string of the molecule is COCCNCc1cnc(N2CCS(=O)(=O)CC2)nc1. The number of hydrogen-bond acceptors (Lipinski definition) is 7. The zero-order valence-corrected chi connectivity index (χ0v) is 12.4. The van der Waals surface area contributed by atoms with Crippen molar-refractivity contribution in [2.75, 3.05) is 49.8 Å². The van der Waals surface area contributed by atoms with Crippen LogP contribution in [-0.4, -0.2) is 63.2 Å². The topological polar surface area (TPSA) is 84.4 Å². The summed E-state index contributed by atoms with van der Waals surface area (Å²) in [7, 11) is -1.20. The van der Waals surface area contributed by atoms with Gasteiger partial charge in [-0.25, -0.2) is 18.4 Å². The van der Waals surface area contributed by atoms with Gasteiger partial charge in [-0.05, 0) is 0 Å². The van der Waals surface area contributed by atoms with Gasteiger partial charge in [0.1, 0.15) is 0 Å². The van der Waals surface area contributed by atoms with Gasteiger partial charge in [0.05, 0.1) is 18.1 Å². The van der Waals surface area contributed by atoms with E-state index in [1.165, 1.54) is 0 Å². The predicted octanol–water partition coefficient (Wildman–Crippen LogP) is -0.553. The average Bonchev–Trinajstić information content (AvgIpc) is 2.45. The van der Waals surface area contributed by atoms with E-state index in [0.717, 1.165) is 12.1 Å². The maximum absolute atomic E-state index is 11.4. The molecule has 112 valence electrons. The van der Waals surface area contributed by atoms with Gasteiger partial charge in [-0.3, -0.25) is 0 Å². The van der Waals surface area contributed by atoms with Crippen molar-refractivity contribution in [2.24, 2.45) is 0 Å². The van der Waals surface area contributed by atoms with E-state index in [9.17, 15) is 8.42 Å². The first-order chi connectivity index (χ1) is 9.61. The first-order valence-electron chi connectivity index (χ1n) is 6.57. The molecule has 0 saturated carbocycles. The molecule has 2 rings (SSSR count). The number of nitrogens with zero attached hydrogens (tertiary/aromatic N) is 3. The summed E-state index contributed by atoms with van der Waals surface area (Å²) in [6.07, 6.45) is 3.54. The summed E-state index contributed by atoms with van der Waals surface area (Å²) in [5.74, 6) is 0.952. The highest BCUT2D eigenvalue weighted by Crippen LogP contribution is 2.11. The monoisotopic (exact) mass is 300 g/mol. The van der Waals surface area contributed by atoms with Crippen molar-refractivity contribution in [1.82, 2.24) is 15.3 Å². The van der Waals surface area contributed by atoms with Gasteiger partial charge in [-0.2, -0.15) is 0 Å². The van der Waals surface area contributed by atoms with Crippen LogP contribution in [-0.2, 0) is 21.1 Å². The summed E-state index contributed by atoms with van der Waals surface area (Å²) in [4.78, 5) is 10.5. The van der Waals surface area contributed by atoms with Crippen molar-refractivity contribution in [2.45, 2.75) is 6.54 Å². The van der Waals surface area contributed by atoms with Gasteiger partial charge in [0, 0.05) is 51.2 Å².